The average molecular weight is 299 g/mol. The SMILES string of the molecule is CCCC(CCC)(C(=O)N1CCC(OC)CC1)C(N)=NO. The Bertz CT molecular complexity index is 357. The Hall–Kier alpha value is -1.30. The summed E-state index contributed by atoms with van der Waals surface area (Å²) in [5.74, 6) is 0.0427. The molecule has 0 aromatic rings. The van der Waals surface area contributed by atoms with Gasteiger partial charge in [0.1, 0.15) is 5.41 Å². The van der Waals surface area contributed by atoms with Crippen molar-refractivity contribution in [2.24, 2.45) is 16.3 Å². The van der Waals surface area contributed by atoms with Crippen molar-refractivity contribution in [3.05, 3.63) is 0 Å². The van der Waals surface area contributed by atoms with E-state index in [1.54, 1.807) is 7.11 Å². The van der Waals surface area contributed by atoms with Gasteiger partial charge in [0.25, 0.3) is 0 Å². The molecule has 1 heterocycles. The first-order valence-corrected chi connectivity index (χ1v) is 7.85. The third kappa shape index (κ3) is 3.87. The van der Waals surface area contributed by atoms with Gasteiger partial charge in [-0.1, -0.05) is 31.8 Å². The Morgan fingerprint density at radius 3 is 2.24 bits per heavy atom. The van der Waals surface area contributed by atoms with Gasteiger partial charge in [0.15, 0.2) is 5.84 Å². The van der Waals surface area contributed by atoms with E-state index < -0.39 is 5.41 Å². The summed E-state index contributed by atoms with van der Waals surface area (Å²) in [6, 6.07) is 0. The second-order valence-electron chi connectivity index (χ2n) is 5.79. The topological polar surface area (TPSA) is 88.2 Å². The zero-order chi connectivity index (χ0) is 15.9. The minimum atomic E-state index is -0.863. The predicted octanol–water partition coefficient (Wildman–Crippen LogP) is 1.96. The van der Waals surface area contributed by atoms with Gasteiger partial charge < -0.3 is 20.6 Å². The summed E-state index contributed by atoms with van der Waals surface area (Å²) in [6.45, 7) is 5.37. The van der Waals surface area contributed by atoms with Gasteiger partial charge in [-0.3, -0.25) is 4.79 Å². The molecule has 0 aromatic carbocycles. The van der Waals surface area contributed by atoms with Gasteiger partial charge in [0.2, 0.25) is 5.91 Å². The number of amidine groups is 1. The van der Waals surface area contributed by atoms with Crippen molar-refractivity contribution in [1.82, 2.24) is 4.90 Å². The minimum Gasteiger partial charge on any atom is -0.409 e. The van der Waals surface area contributed by atoms with Gasteiger partial charge in [-0.15, -0.1) is 0 Å². The number of hydrogen-bond donors (Lipinski definition) is 2. The van der Waals surface area contributed by atoms with Crippen LogP contribution in [0.5, 0.6) is 0 Å². The van der Waals surface area contributed by atoms with Crippen LogP contribution in [0.1, 0.15) is 52.4 Å². The Kier molecular flexibility index (Phi) is 6.95. The first kappa shape index (κ1) is 17.8. The highest BCUT2D eigenvalue weighted by Crippen LogP contribution is 2.34. The number of piperidine rings is 1. The molecule has 1 aliphatic rings. The van der Waals surface area contributed by atoms with E-state index in [0.29, 0.717) is 25.9 Å². The van der Waals surface area contributed by atoms with E-state index in [2.05, 4.69) is 5.16 Å². The van der Waals surface area contributed by atoms with Gasteiger partial charge in [-0.05, 0) is 25.7 Å². The second-order valence-corrected chi connectivity index (χ2v) is 5.79. The first-order valence-electron chi connectivity index (χ1n) is 7.85. The Morgan fingerprint density at radius 1 is 1.33 bits per heavy atom. The standard InChI is InChI=1S/C15H29N3O3/c1-4-8-15(9-5-2,13(16)17-20)14(19)18-10-6-12(21-3)7-11-18/h12,20H,4-11H2,1-3H3,(H2,16,17). The van der Waals surface area contributed by atoms with Crippen LogP contribution in [0.2, 0.25) is 0 Å². The highest BCUT2D eigenvalue weighted by molar-refractivity contribution is 6.06. The maximum absolute atomic E-state index is 13.0. The van der Waals surface area contributed by atoms with Crippen LogP contribution in [-0.2, 0) is 9.53 Å². The fraction of sp³-hybridized carbons (Fsp3) is 0.867. The first-order chi connectivity index (χ1) is 10.1. The number of rotatable bonds is 7. The normalized spacial score (nSPS) is 18.0. The van der Waals surface area contributed by atoms with E-state index in [9.17, 15) is 4.79 Å². The molecule has 0 aliphatic carbocycles. The van der Waals surface area contributed by atoms with Crippen molar-refractivity contribution in [2.75, 3.05) is 20.2 Å². The lowest BCUT2D eigenvalue weighted by atomic mass is 9.76. The number of nitrogens with zero attached hydrogens (tertiary/aromatic N) is 2. The summed E-state index contributed by atoms with van der Waals surface area (Å²) in [4.78, 5) is 14.9. The highest BCUT2D eigenvalue weighted by Gasteiger charge is 2.44. The molecule has 0 radical (unpaired) electrons. The summed E-state index contributed by atoms with van der Waals surface area (Å²) >= 11 is 0. The highest BCUT2D eigenvalue weighted by atomic mass is 16.5. The van der Waals surface area contributed by atoms with Gasteiger partial charge >= 0.3 is 0 Å². The Morgan fingerprint density at radius 2 is 1.86 bits per heavy atom. The molecule has 3 N–H and O–H groups in total. The molecule has 0 atom stereocenters. The summed E-state index contributed by atoms with van der Waals surface area (Å²) < 4.78 is 5.34. The lowest BCUT2D eigenvalue weighted by Gasteiger charge is -2.39. The zero-order valence-corrected chi connectivity index (χ0v) is 13.5. The van der Waals surface area contributed by atoms with Crippen LogP contribution >= 0.6 is 0 Å². The van der Waals surface area contributed by atoms with Crippen molar-refractivity contribution in [3.63, 3.8) is 0 Å². The van der Waals surface area contributed by atoms with E-state index >= 15 is 0 Å². The molecule has 0 bridgehead atoms. The summed E-state index contributed by atoms with van der Waals surface area (Å²) in [7, 11) is 1.71. The van der Waals surface area contributed by atoms with Crippen molar-refractivity contribution in [3.8, 4) is 0 Å². The van der Waals surface area contributed by atoms with Gasteiger partial charge in [0.05, 0.1) is 6.10 Å². The van der Waals surface area contributed by atoms with E-state index in [4.69, 9.17) is 15.7 Å². The molecule has 0 aromatic heterocycles. The van der Waals surface area contributed by atoms with Crippen LogP contribution in [0.3, 0.4) is 0 Å². The number of methoxy groups -OCH3 is 1. The van der Waals surface area contributed by atoms with Gasteiger partial charge in [-0.2, -0.15) is 0 Å². The third-order valence-electron chi connectivity index (χ3n) is 4.42. The number of carbonyl (C=O) groups is 1. The Labute approximate surface area is 127 Å². The maximum Gasteiger partial charge on any atom is 0.236 e. The quantitative estimate of drug-likeness (QED) is 0.325. The minimum absolute atomic E-state index is 0.00365. The summed E-state index contributed by atoms with van der Waals surface area (Å²) in [5, 5.41) is 12.3. The molecular formula is C15H29N3O3. The molecule has 1 fully saturated rings. The van der Waals surface area contributed by atoms with Crippen LogP contribution in [0, 0.1) is 5.41 Å². The molecule has 1 rings (SSSR count). The van der Waals surface area contributed by atoms with Gasteiger partial charge in [-0.25, -0.2) is 0 Å². The zero-order valence-electron chi connectivity index (χ0n) is 13.5. The van der Waals surface area contributed by atoms with Gasteiger partial charge in [0, 0.05) is 20.2 Å². The number of ether oxygens (including phenoxy) is 1. The third-order valence-corrected chi connectivity index (χ3v) is 4.42. The van der Waals surface area contributed by atoms with Crippen molar-refractivity contribution in [2.45, 2.75) is 58.5 Å². The fourth-order valence-electron chi connectivity index (χ4n) is 3.25. The van der Waals surface area contributed by atoms with Crippen LogP contribution in [0.25, 0.3) is 0 Å². The number of amides is 1. The molecule has 0 spiro atoms. The monoisotopic (exact) mass is 299 g/mol. The molecule has 0 saturated carbocycles. The second kappa shape index (κ2) is 8.22. The Balaban J connectivity index is 2.94. The van der Waals surface area contributed by atoms with E-state index in [0.717, 1.165) is 25.7 Å². The van der Waals surface area contributed by atoms with Crippen LogP contribution in [-0.4, -0.2) is 48.2 Å². The summed E-state index contributed by atoms with van der Waals surface area (Å²) in [5.41, 5.74) is 5.05. The number of likely N-dealkylation sites (tertiary alicyclic amines) is 1. The number of carbonyl (C=O) groups excluding carboxylic acids is 1. The number of hydrogen-bond acceptors (Lipinski definition) is 4. The molecular weight excluding hydrogens is 270 g/mol. The predicted molar refractivity (Wildman–Crippen MR) is 82.3 cm³/mol. The van der Waals surface area contributed by atoms with Crippen molar-refractivity contribution < 1.29 is 14.7 Å². The number of nitrogens with two attached hydrogens (primary N) is 1. The maximum atomic E-state index is 13.0. The molecule has 122 valence electrons. The van der Waals surface area contributed by atoms with Crippen LogP contribution < -0.4 is 5.73 Å². The molecule has 6 heteroatoms. The molecule has 6 nitrogen and oxygen atoms in total. The largest absolute Gasteiger partial charge is 0.409 e. The number of oxime groups is 1. The molecule has 1 aliphatic heterocycles. The molecule has 1 saturated heterocycles. The van der Waals surface area contributed by atoms with E-state index in [1.807, 2.05) is 18.7 Å². The van der Waals surface area contributed by atoms with E-state index in [1.165, 1.54) is 0 Å². The molecule has 21 heavy (non-hydrogen) atoms. The fourth-order valence-corrected chi connectivity index (χ4v) is 3.25. The average Bonchev–Trinajstić information content (AvgIpc) is 2.53. The van der Waals surface area contributed by atoms with E-state index in [-0.39, 0.29) is 17.8 Å². The summed E-state index contributed by atoms with van der Waals surface area (Å²) in [6.07, 6.45) is 4.76. The lowest BCUT2D eigenvalue weighted by molar-refractivity contribution is -0.141. The molecule has 0 unspecified atom stereocenters. The molecule has 1 amide bonds. The van der Waals surface area contributed by atoms with Crippen molar-refractivity contribution >= 4 is 11.7 Å². The van der Waals surface area contributed by atoms with Crippen LogP contribution in [0.4, 0.5) is 0 Å². The lowest BCUT2D eigenvalue weighted by Crippen LogP contribution is -2.53. The van der Waals surface area contributed by atoms with Crippen molar-refractivity contribution in [1.29, 1.82) is 0 Å². The van der Waals surface area contributed by atoms with Crippen LogP contribution in [0.15, 0.2) is 5.16 Å². The smallest absolute Gasteiger partial charge is 0.236 e.